The van der Waals surface area contributed by atoms with E-state index in [-0.39, 0.29) is 29.2 Å². The molecule has 1 saturated heterocycles. The topological polar surface area (TPSA) is 86.7 Å². The number of carboxylic acids is 1. The second kappa shape index (κ2) is 8.92. The molecule has 0 aliphatic carbocycles. The summed E-state index contributed by atoms with van der Waals surface area (Å²) in [4.78, 5) is 36.4. The minimum absolute atomic E-state index is 0.0612. The number of likely N-dealkylation sites (tertiary alicyclic amines) is 1. The number of piperidine rings is 1. The molecule has 6 nitrogen and oxygen atoms in total. The van der Waals surface area contributed by atoms with Crippen molar-refractivity contribution >= 4 is 29.5 Å². The second-order valence-electron chi connectivity index (χ2n) is 5.56. The summed E-state index contributed by atoms with van der Waals surface area (Å²) in [7, 11) is 0. The first-order chi connectivity index (χ1) is 9.91. The molecule has 1 atom stereocenters. The van der Waals surface area contributed by atoms with Crippen LogP contribution in [0.15, 0.2) is 0 Å². The Bertz CT molecular complexity index is 381. The van der Waals surface area contributed by atoms with E-state index in [1.165, 1.54) is 18.2 Å². The van der Waals surface area contributed by atoms with E-state index in [1.807, 2.05) is 4.90 Å². The number of carboxylic acid groups (broad SMARTS) is 1. The maximum absolute atomic E-state index is 11.9. The summed E-state index contributed by atoms with van der Waals surface area (Å²) >= 11 is 1.23. The first-order valence-corrected chi connectivity index (χ1v) is 8.45. The molecule has 7 heteroatoms. The highest BCUT2D eigenvalue weighted by molar-refractivity contribution is 8.00. The van der Waals surface area contributed by atoms with Crippen molar-refractivity contribution in [1.82, 2.24) is 10.2 Å². The fraction of sp³-hybridized carbons (Fsp3) is 0.786. The van der Waals surface area contributed by atoms with Gasteiger partial charge in [0.1, 0.15) is 6.04 Å². The van der Waals surface area contributed by atoms with Crippen molar-refractivity contribution < 1.29 is 19.5 Å². The number of nitrogens with zero attached hydrogens (tertiary/aromatic N) is 1. The number of carbonyl (C=O) groups excluding carboxylic acids is 2. The standard InChI is InChI=1S/C14H24N2O4S/c1-10(2)13(14(19)20)15-11(17)8-21-9-12(18)16-6-4-3-5-7-16/h10,13H,3-9H2,1-2H3,(H,15,17)(H,19,20)/t13-/m0/s1. The maximum Gasteiger partial charge on any atom is 0.326 e. The van der Waals surface area contributed by atoms with Gasteiger partial charge in [-0.05, 0) is 25.2 Å². The summed E-state index contributed by atoms with van der Waals surface area (Å²) in [6.07, 6.45) is 3.27. The number of carbonyl (C=O) groups is 3. The zero-order valence-electron chi connectivity index (χ0n) is 12.6. The molecular formula is C14H24N2O4S. The molecule has 1 aliphatic rings. The number of hydrogen-bond donors (Lipinski definition) is 2. The molecule has 0 spiro atoms. The van der Waals surface area contributed by atoms with Gasteiger partial charge >= 0.3 is 5.97 Å². The van der Waals surface area contributed by atoms with Crippen LogP contribution in [-0.2, 0) is 14.4 Å². The highest BCUT2D eigenvalue weighted by Crippen LogP contribution is 2.11. The van der Waals surface area contributed by atoms with Gasteiger partial charge in [-0.1, -0.05) is 13.8 Å². The summed E-state index contributed by atoms with van der Waals surface area (Å²) in [6, 6.07) is -0.879. The highest BCUT2D eigenvalue weighted by Gasteiger charge is 2.23. The molecule has 21 heavy (non-hydrogen) atoms. The monoisotopic (exact) mass is 316 g/mol. The van der Waals surface area contributed by atoms with E-state index in [0.29, 0.717) is 0 Å². The van der Waals surface area contributed by atoms with Crippen LogP contribution < -0.4 is 5.32 Å². The van der Waals surface area contributed by atoms with Crippen LogP contribution in [0.2, 0.25) is 0 Å². The van der Waals surface area contributed by atoms with Crippen molar-refractivity contribution in [2.45, 2.75) is 39.2 Å². The van der Waals surface area contributed by atoms with Crippen molar-refractivity contribution in [3.63, 3.8) is 0 Å². The Labute approximate surface area is 129 Å². The van der Waals surface area contributed by atoms with Crippen LogP contribution in [0.1, 0.15) is 33.1 Å². The van der Waals surface area contributed by atoms with Crippen LogP contribution in [0.25, 0.3) is 0 Å². The zero-order valence-corrected chi connectivity index (χ0v) is 13.4. The molecule has 0 aromatic heterocycles. The number of nitrogens with one attached hydrogen (secondary N) is 1. The molecule has 0 unspecified atom stereocenters. The lowest BCUT2D eigenvalue weighted by Crippen LogP contribution is -2.45. The lowest BCUT2D eigenvalue weighted by atomic mass is 10.1. The van der Waals surface area contributed by atoms with Gasteiger partial charge in [0.05, 0.1) is 11.5 Å². The number of hydrogen-bond acceptors (Lipinski definition) is 4. The summed E-state index contributed by atoms with van der Waals surface area (Å²) < 4.78 is 0. The average molecular weight is 316 g/mol. The third-order valence-corrected chi connectivity index (χ3v) is 4.33. The molecule has 1 aliphatic heterocycles. The van der Waals surface area contributed by atoms with Gasteiger partial charge in [0.2, 0.25) is 11.8 Å². The quantitative estimate of drug-likeness (QED) is 0.730. The molecule has 0 aromatic carbocycles. The lowest BCUT2D eigenvalue weighted by molar-refractivity contribution is -0.142. The van der Waals surface area contributed by atoms with E-state index < -0.39 is 12.0 Å². The molecule has 1 rings (SSSR count). The van der Waals surface area contributed by atoms with E-state index in [0.717, 1.165) is 25.9 Å². The first kappa shape index (κ1) is 17.8. The Kier molecular flexibility index (Phi) is 7.56. The molecule has 2 amide bonds. The van der Waals surface area contributed by atoms with Gasteiger partial charge < -0.3 is 15.3 Å². The van der Waals surface area contributed by atoms with Gasteiger partial charge in [-0.25, -0.2) is 4.79 Å². The van der Waals surface area contributed by atoms with Gasteiger partial charge in [0.25, 0.3) is 0 Å². The van der Waals surface area contributed by atoms with Gasteiger partial charge in [-0.2, -0.15) is 0 Å². The Balaban J connectivity index is 2.26. The molecule has 1 heterocycles. The van der Waals surface area contributed by atoms with Crippen molar-refractivity contribution in [2.24, 2.45) is 5.92 Å². The fourth-order valence-corrected chi connectivity index (χ4v) is 2.92. The summed E-state index contributed by atoms with van der Waals surface area (Å²) in [6.45, 7) is 5.10. The van der Waals surface area contributed by atoms with Crippen molar-refractivity contribution in [2.75, 3.05) is 24.6 Å². The van der Waals surface area contributed by atoms with Crippen molar-refractivity contribution in [3.05, 3.63) is 0 Å². The Morgan fingerprint density at radius 3 is 2.29 bits per heavy atom. The van der Waals surface area contributed by atoms with Crippen LogP contribution in [0.3, 0.4) is 0 Å². The van der Waals surface area contributed by atoms with E-state index in [1.54, 1.807) is 13.8 Å². The normalized spacial score (nSPS) is 16.6. The Morgan fingerprint density at radius 2 is 1.76 bits per heavy atom. The third kappa shape index (κ3) is 6.37. The number of aliphatic carboxylic acids is 1. The van der Waals surface area contributed by atoms with Gasteiger partial charge in [0, 0.05) is 13.1 Å². The van der Waals surface area contributed by atoms with E-state index in [9.17, 15) is 14.4 Å². The summed E-state index contributed by atoms with van der Waals surface area (Å²) in [5, 5.41) is 11.5. The molecule has 0 bridgehead atoms. The Hall–Kier alpha value is -1.24. The SMILES string of the molecule is CC(C)[C@H](NC(=O)CSCC(=O)N1CCCCC1)C(=O)O. The van der Waals surface area contributed by atoms with E-state index >= 15 is 0 Å². The average Bonchev–Trinajstić information content (AvgIpc) is 2.45. The summed E-state index contributed by atoms with van der Waals surface area (Å²) in [5.74, 6) is -1.11. The molecule has 0 radical (unpaired) electrons. The first-order valence-electron chi connectivity index (χ1n) is 7.29. The van der Waals surface area contributed by atoms with E-state index in [4.69, 9.17) is 5.11 Å². The zero-order chi connectivity index (χ0) is 15.8. The van der Waals surface area contributed by atoms with Crippen LogP contribution in [0.5, 0.6) is 0 Å². The van der Waals surface area contributed by atoms with Gasteiger partial charge in [-0.15, -0.1) is 11.8 Å². The van der Waals surface area contributed by atoms with Crippen LogP contribution >= 0.6 is 11.8 Å². The van der Waals surface area contributed by atoms with Gasteiger partial charge in [-0.3, -0.25) is 9.59 Å². The predicted molar refractivity (Wildman–Crippen MR) is 82.2 cm³/mol. The van der Waals surface area contributed by atoms with Crippen LogP contribution in [0, 0.1) is 5.92 Å². The highest BCUT2D eigenvalue weighted by atomic mass is 32.2. The van der Waals surface area contributed by atoms with Crippen LogP contribution in [-0.4, -0.2) is 58.4 Å². The Morgan fingerprint density at radius 1 is 1.14 bits per heavy atom. The van der Waals surface area contributed by atoms with Gasteiger partial charge in [0.15, 0.2) is 0 Å². The molecule has 0 aromatic rings. The lowest BCUT2D eigenvalue weighted by Gasteiger charge is -2.26. The molecule has 1 fully saturated rings. The van der Waals surface area contributed by atoms with Crippen molar-refractivity contribution in [3.8, 4) is 0 Å². The molecule has 120 valence electrons. The number of rotatable bonds is 7. The predicted octanol–water partition coefficient (Wildman–Crippen LogP) is 0.957. The fourth-order valence-electron chi connectivity index (χ4n) is 2.19. The van der Waals surface area contributed by atoms with E-state index in [2.05, 4.69) is 5.32 Å². The third-order valence-electron chi connectivity index (χ3n) is 3.42. The number of amides is 2. The molecule has 0 saturated carbocycles. The van der Waals surface area contributed by atoms with Crippen molar-refractivity contribution in [1.29, 1.82) is 0 Å². The molecule has 2 N–H and O–H groups in total. The minimum Gasteiger partial charge on any atom is -0.480 e. The molecular weight excluding hydrogens is 292 g/mol. The number of thioether (sulfide) groups is 1. The largest absolute Gasteiger partial charge is 0.480 e. The minimum atomic E-state index is -1.03. The smallest absolute Gasteiger partial charge is 0.326 e. The summed E-state index contributed by atoms with van der Waals surface area (Å²) in [5.41, 5.74) is 0. The maximum atomic E-state index is 11.9. The second-order valence-corrected chi connectivity index (χ2v) is 6.55. The van der Waals surface area contributed by atoms with Crippen LogP contribution in [0.4, 0.5) is 0 Å².